The molecule has 2 N–H and O–H groups in total. The Morgan fingerprint density at radius 3 is 2.58 bits per heavy atom. The van der Waals surface area contributed by atoms with Crippen molar-refractivity contribution in [3.63, 3.8) is 0 Å². The molecule has 0 unspecified atom stereocenters. The number of para-hydroxylation sites is 1. The van der Waals surface area contributed by atoms with E-state index in [0.29, 0.717) is 18.2 Å². The highest BCUT2D eigenvalue weighted by atomic mass is 19.4. The second kappa shape index (κ2) is 5.00. The fraction of sp³-hybridized carbons (Fsp3) is 0.250. The monoisotopic (exact) mass is 273 g/mol. The Balaban J connectivity index is 2.49. The molecule has 1 aromatic heterocycles. The summed E-state index contributed by atoms with van der Waals surface area (Å²) in [6, 6.07) is 4.27. The van der Waals surface area contributed by atoms with Gasteiger partial charge in [-0.3, -0.25) is 0 Å². The Morgan fingerprint density at radius 2 is 2.00 bits per heavy atom. The van der Waals surface area contributed by atoms with Crippen LogP contribution in [0.15, 0.2) is 30.6 Å². The van der Waals surface area contributed by atoms with Crippen molar-refractivity contribution in [2.75, 3.05) is 6.54 Å². The lowest BCUT2D eigenvalue weighted by Crippen LogP contribution is -2.09. The number of rotatable bonds is 3. The lowest BCUT2D eigenvalue weighted by Gasteiger charge is -2.09. The van der Waals surface area contributed by atoms with Gasteiger partial charge in [0.05, 0.1) is 11.8 Å². The van der Waals surface area contributed by atoms with Crippen molar-refractivity contribution in [3.05, 3.63) is 47.5 Å². The van der Waals surface area contributed by atoms with Gasteiger partial charge in [0.15, 0.2) is 0 Å². The van der Waals surface area contributed by atoms with Crippen LogP contribution in [0.4, 0.5) is 17.6 Å². The molecule has 0 saturated heterocycles. The van der Waals surface area contributed by atoms with Crippen LogP contribution >= 0.6 is 0 Å². The van der Waals surface area contributed by atoms with E-state index in [2.05, 4.69) is 5.10 Å². The molecule has 0 bridgehead atoms. The van der Waals surface area contributed by atoms with Crippen LogP contribution in [0.5, 0.6) is 0 Å². The minimum Gasteiger partial charge on any atom is -0.330 e. The lowest BCUT2D eigenvalue weighted by atomic mass is 10.1. The third-order valence-corrected chi connectivity index (χ3v) is 2.62. The number of hydrogen-bond donors (Lipinski definition) is 1. The molecule has 0 aliphatic heterocycles. The van der Waals surface area contributed by atoms with Gasteiger partial charge in [0.25, 0.3) is 0 Å². The standard InChI is InChI=1S/C12H11F4N3/c13-10-3-1-2-8(4-5-17)11(10)19-7-9(6-18-19)12(14,15)16/h1-3,6-7H,4-5,17H2. The summed E-state index contributed by atoms with van der Waals surface area (Å²) in [7, 11) is 0. The van der Waals surface area contributed by atoms with Crippen LogP contribution in [0, 0.1) is 5.82 Å². The van der Waals surface area contributed by atoms with Crippen molar-refractivity contribution < 1.29 is 17.6 Å². The Bertz CT molecular complexity index is 575. The quantitative estimate of drug-likeness (QED) is 0.873. The highest BCUT2D eigenvalue weighted by Crippen LogP contribution is 2.30. The fourth-order valence-corrected chi connectivity index (χ4v) is 1.77. The van der Waals surface area contributed by atoms with Crippen LogP contribution in [0.25, 0.3) is 5.69 Å². The molecule has 7 heteroatoms. The second-order valence-corrected chi connectivity index (χ2v) is 3.96. The maximum atomic E-state index is 13.8. The lowest BCUT2D eigenvalue weighted by molar-refractivity contribution is -0.137. The highest BCUT2D eigenvalue weighted by Gasteiger charge is 2.32. The van der Waals surface area contributed by atoms with Gasteiger partial charge < -0.3 is 5.73 Å². The molecule has 0 aliphatic rings. The molecular formula is C12H11F4N3. The molecule has 1 aromatic carbocycles. The number of alkyl halides is 3. The molecule has 0 atom stereocenters. The number of benzene rings is 1. The van der Waals surface area contributed by atoms with Gasteiger partial charge in [-0.05, 0) is 24.6 Å². The van der Waals surface area contributed by atoms with E-state index >= 15 is 0 Å². The Morgan fingerprint density at radius 1 is 1.26 bits per heavy atom. The van der Waals surface area contributed by atoms with E-state index in [1.165, 1.54) is 12.1 Å². The molecule has 0 amide bonds. The van der Waals surface area contributed by atoms with Gasteiger partial charge in [-0.25, -0.2) is 9.07 Å². The Labute approximate surface area is 106 Å². The Kier molecular flexibility index (Phi) is 3.57. The molecule has 0 radical (unpaired) electrons. The van der Waals surface area contributed by atoms with Crippen molar-refractivity contribution in [1.29, 1.82) is 0 Å². The molecule has 0 saturated carbocycles. The minimum atomic E-state index is -4.50. The molecule has 19 heavy (non-hydrogen) atoms. The van der Waals surface area contributed by atoms with Gasteiger partial charge in [0.1, 0.15) is 11.5 Å². The van der Waals surface area contributed by atoms with Gasteiger partial charge in [0.2, 0.25) is 0 Å². The first-order valence-electron chi connectivity index (χ1n) is 5.53. The number of hydrogen-bond acceptors (Lipinski definition) is 2. The fourth-order valence-electron chi connectivity index (χ4n) is 1.77. The summed E-state index contributed by atoms with van der Waals surface area (Å²) in [5.41, 5.74) is 4.99. The molecule has 1 heterocycles. The molecule has 2 rings (SSSR count). The zero-order valence-electron chi connectivity index (χ0n) is 9.78. The summed E-state index contributed by atoms with van der Waals surface area (Å²) >= 11 is 0. The summed E-state index contributed by atoms with van der Waals surface area (Å²) in [6.45, 7) is 0.268. The third kappa shape index (κ3) is 2.76. The average Bonchev–Trinajstić information content (AvgIpc) is 2.78. The number of nitrogens with two attached hydrogens (primary N) is 1. The summed E-state index contributed by atoms with van der Waals surface area (Å²) in [5.74, 6) is -0.636. The molecule has 0 fully saturated rings. The maximum Gasteiger partial charge on any atom is 0.419 e. The van der Waals surface area contributed by atoms with Crippen molar-refractivity contribution in [3.8, 4) is 5.69 Å². The first kappa shape index (κ1) is 13.5. The van der Waals surface area contributed by atoms with Crippen molar-refractivity contribution in [2.24, 2.45) is 5.73 Å². The van der Waals surface area contributed by atoms with E-state index in [-0.39, 0.29) is 12.2 Å². The summed E-state index contributed by atoms with van der Waals surface area (Å²) in [6.07, 6.45) is -2.72. The predicted molar refractivity (Wildman–Crippen MR) is 61.3 cm³/mol. The number of aromatic nitrogens is 2. The summed E-state index contributed by atoms with van der Waals surface area (Å²) in [4.78, 5) is 0. The molecule has 0 spiro atoms. The Hall–Kier alpha value is -1.89. The average molecular weight is 273 g/mol. The molecule has 0 aliphatic carbocycles. The van der Waals surface area contributed by atoms with Crippen LogP contribution in [-0.4, -0.2) is 16.3 Å². The zero-order valence-corrected chi connectivity index (χ0v) is 9.78. The first-order chi connectivity index (χ1) is 8.93. The van der Waals surface area contributed by atoms with Gasteiger partial charge in [0, 0.05) is 6.20 Å². The summed E-state index contributed by atoms with van der Waals surface area (Å²) in [5, 5.41) is 3.57. The normalized spacial score (nSPS) is 11.8. The molecule has 102 valence electrons. The largest absolute Gasteiger partial charge is 0.419 e. The van der Waals surface area contributed by atoms with Gasteiger partial charge in [-0.1, -0.05) is 12.1 Å². The number of halogens is 4. The number of nitrogens with zero attached hydrogens (tertiary/aromatic N) is 2. The molecule has 2 aromatic rings. The van der Waals surface area contributed by atoms with E-state index in [9.17, 15) is 17.6 Å². The summed E-state index contributed by atoms with van der Waals surface area (Å²) < 4.78 is 52.2. The molecular weight excluding hydrogens is 262 g/mol. The van der Waals surface area contributed by atoms with Gasteiger partial charge in [-0.2, -0.15) is 18.3 Å². The van der Waals surface area contributed by atoms with Gasteiger partial charge in [-0.15, -0.1) is 0 Å². The highest BCUT2D eigenvalue weighted by molar-refractivity contribution is 5.42. The van der Waals surface area contributed by atoms with Crippen LogP contribution in [0.1, 0.15) is 11.1 Å². The minimum absolute atomic E-state index is 0.00319. The second-order valence-electron chi connectivity index (χ2n) is 3.96. The topological polar surface area (TPSA) is 43.8 Å². The van der Waals surface area contributed by atoms with E-state index in [0.717, 1.165) is 10.9 Å². The van der Waals surface area contributed by atoms with Crippen LogP contribution in [0.3, 0.4) is 0 Å². The van der Waals surface area contributed by atoms with Gasteiger partial charge >= 0.3 is 6.18 Å². The van der Waals surface area contributed by atoms with Crippen LogP contribution in [-0.2, 0) is 12.6 Å². The first-order valence-corrected chi connectivity index (χ1v) is 5.53. The molecule has 3 nitrogen and oxygen atoms in total. The maximum absolute atomic E-state index is 13.8. The van der Waals surface area contributed by atoms with Crippen molar-refractivity contribution in [1.82, 2.24) is 9.78 Å². The van der Waals surface area contributed by atoms with E-state index in [1.807, 2.05) is 0 Å². The van der Waals surface area contributed by atoms with Crippen LogP contribution in [0.2, 0.25) is 0 Å². The van der Waals surface area contributed by atoms with Crippen LogP contribution < -0.4 is 5.73 Å². The predicted octanol–water partition coefficient (Wildman–Crippen LogP) is 2.53. The van der Waals surface area contributed by atoms with E-state index in [1.54, 1.807) is 6.07 Å². The van der Waals surface area contributed by atoms with Crippen molar-refractivity contribution >= 4 is 0 Å². The smallest absolute Gasteiger partial charge is 0.330 e. The zero-order chi connectivity index (χ0) is 14.0. The SMILES string of the molecule is NCCc1cccc(F)c1-n1cc(C(F)(F)F)cn1. The van der Waals surface area contributed by atoms with Crippen molar-refractivity contribution in [2.45, 2.75) is 12.6 Å². The third-order valence-electron chi connectivity index (χ3n) is 2.62. The van der Waals surface area contributed by atoms with E-state index < -0.39 is 17.6 Å². The van der Waals surface area contributed by atoms with E-state index in [4.69, 9.17) is 5.73 Å².